The Morgan fingerprint density at radius 3 is 1.94 bits per heavy atom. The van der Waals surface area contributed by atoms with Crippen LogP contribution >= 0.6 is 0 Å². The van der Waals surface area contributed by atoms with Crippen molar-refractivity contribution in [3.8, 4) is 0 Å². The maximum absolute atomic E-state index is 11.8. The van der Waals surface area contributed by atoms with Gasteiger partial charge in [-0.15, -0.1) is 0 Å². The van der Waals surface area contributed by atoms with E-state index in [1.54, 1.807) is 0 Å². The molecule has 0 aromatic rings. The molecule has 18 heteroatoms. The molecule has 5 heterocycles. The van der Waals surface area contributed by atoms with Gasteiger partial charge in [-0.1, -0.05) is 20.8 Å². The number of aliphatic hydroxyl groups excluding tert-OH is 10. The fourth-order valence-electron chi connectivity index (χ4n) is 14.7. The first-order valence-corrected chi connectivity index (χ1v) is 23.8. The van der Waals surface area contributed by atoms with Crippen LogP contribution in [0, 0.1) is 52.3 Å². The summed E-state index contributed by atoms with van der Waals surface area (Å²) in [7, 11) is 0. The Balaban J connectivity index is 0.839. The molecule has 4 saturated carbocycles. The molecule has 5 saturated heterocycles. The van der Waals surface area contributed by atoms with Gasteiger partial charge in [-0.25, -0.2) is 0 Å². The van der Waals surface area contributed by atoms with Crippen LogP contribution < -0.4 is 0 Å². The van der Waals surface area contributed by atoms with Gasteiger partial charge in [0, 0.05) is 24.9 Å². The lowest BCUT2D eigenvalue weighted by atomic mass is 9.44. The van der Waals surface area contributed by atoms with Crippen molar-refractivity contribution in [3.63, 3.8) is 0 Å². The van der Waals surface area contributed by atoms with E-state index in [0.717, 1.165) is 44.9 Å². The van der Waals surface area contributed by atoms with E-state index < -0.39 is 117 Å². The second kappa shape index (κ2) is 17.7. The summed E-state index contributed by atoms with van der Waals surface area (Å²) in [4.78, 5) is 0. The lowest BCUT2D eigenvalue weighted by Gasteiger charge is -2.62. The summed E-state index contributed by atoms with van der Waals surface area (Å²) >= 11 is 0. The molecule has 10 N–H and O–H groups in total. The largest absolute Gasteiger partial charge is 0.396 e. The maximum atomic E-state index is 11.8. The molecule has 9 rings (SSSR count). The second-order valence-electron chi connectivity index (χ2n) is 21.6. The van der Waals surface area contributed by atoms with E-state index in [9.17, 15) is 51.1 Å². The quantitative estimate of drug-likeness (QED) is 0.134. The second-order valence-corrected chi connectivity index (χ2v) is 21.6. The number of aliphatic hydroxyl groups is 10. The van der Waals surface area contributed by atoms with Gasteiger partial charge in [-0.2, -0.15) is 0 Å². The van der Waals surface area contributed by atoms with E-state index in [-0.39, 0.29) is 41.3 Å². The minimum atomic E-state index is -1.75. The first kappa shape index (κ1) is 47.4. The average Bonchev–Trinajstić information content (AvgIpc) is 3.70. The van der Waals surface area contributed by atoms with Gasteiger partial charge in [-0.05, 0) is 106 Å². The van der Waals surface area contributed by atoms with Crippen LogP contribution in [-0.2, 0) is 37.9 Å². The zero-order chi connectivity index (χ0) is 45.1. The van der Waals surface area contributed by atoms with Crippen molar-refractivity contribution in [1.29, 1.82) is 0 Å². The fourth-order valence-corrected chi connectivity index (χ4v) is 14.7. The standard InChI is InChI=1S/C45H74O18/c1-18-30-28(63-45(18)11-8-21(15-46)17-56-45)13-25-23-7-6-22-12-27(26(48)14-44(22,5)24(23)9-10-43(25,30)4)59-41-37(55)35(53)38(29(16-47)60-41)61-42-39(34(52)32(50)20(3)58-42)62-40-36(54)33(51)31(49)19(2)57-40/h18-42,46-55H,6-17H2,1-5H3/t18-,19-,20-,21-,22-,23+,24-,25-,26+,27+,28-,29+,30-,31-,32-,33+,34+,35+,36+,37+,38+,39+,40-,41+,42-,43-,44-,45+/m0/s1. The van der Waals surface area contributed by atoms with Crippen LogP contribution in [0.5, 0.6) is 0 Å². The van der Waals surface area contributed by atoms with Crippen molar-refractivity contribution in [2.45, 2.75) is 209 Å². The predicted molar refractivity (Wildman–Crippen MR) is 216 cm³/mol. The van der Waals surface area contributed by atoms with E-state index >= 15 is 0 Å². The van der Waals surface area contributed by atoms with Gasteiger partial charge in [0.1, 0.15) is 61.0 Å². The van der Waals surface area contributed by atoms with E-state index in [2.05, 4.69) is 20.8 Å². The Hall–Kier alpha value is -0.720. The third kappa shape index (κ3) is 7.79. The molecule has 28 atom stereocenters. The smallest absolute Gasteiger partial charge is 0.187 e. The van der Waals surface area contributed by atoms with E-state index in [1.165, 1.54) is 13.8 Å². The van der Waals surface area contributed by atoms with Gasteiger partial charge in [0.05, 0.1) is 43.7 Å². The Kier molecular flexibility index (Phi) is 13.3. The van der Waals surface area contributed by atoms with Crippen molar-refractivity contribution >= 4 is 0 Å². The van der Waals surface area contributed by atoms with Gasteiger partial charge in [0.2, 0.25) is 0 Å². The molecule has 18 nitrogen and oxygen atoms in total. The molecule has 1 spiro atoms. The number of hydrogen-bond acceptors (Lipinski definition) is 18. The lowest BCUT2D eigenvalue weighted by Crippen LogP contribution is -2.66. The van der Waals surface area contributed by atoms with Crippen LogP contribution in [-0.4, -0.2) is 187 Å². The molecule has 0 bridgehead atoms. The van der Waals surface area contributed by atoms with Crippen LogP contribution in [0.25, 0.3) is 0 Å². The third-order valence-electron chi connectivity index (χ3n) is 18.4. The van der Waals surface area contributed by atoms with E-state index in [0.29, 0.717) is 43.1 Å². The first-order chi connectivity index (χ1) is 29.8. The summed E-state index contributed by atoms with van der Waals surface area (Å²) in [6.07, 6.45) is -15.9. The van der Waals surface area contributed by atoms with Crippen LogP contribution in [0.15, 0.2) is 0 Å². The first-order valence-electron chi connectivity index (χ1n) is 23.8. The number of rotatable bonds is 8. The summed E-state index contributed by atoms with van der Waals surface area (Å²) in [6, 6.07) is 0. The maximum Gasteiger partial charge on any atom is 0.187 e. The Labute approximate surface area is 369 Å². The van der Waals surface area contributed by atoms with Gasteiger partial charge < -0.3 is 89.0 Å². The lowest BCUT2D eigenvalue weighted by molar-refractivity contribution is -0.387. The van der Waals surface area contributed by atoms with Crippen molar-refractivity contribution in [2.75, 3.05) is 19.8 Å². The van der Waals surface area contributed by atoms with Crippen molar-refractivity contribution in [1.82, 2.24) is 0 Å². The van der Waals surface area contributed by atoms with Gasteiger partial charge in [0.25, 0.3) is 0 Å². The summed E-state index contributed by atoms with van der Waals surface area (Å²) in [5.41, 5.74) is -0.00898. The Morgan fingerprint density at radius 2 is 1.25 bits per heavy atom. The molecule has 0 amide bonds. The van der Waals surface area contributed by atoms with Crippen LogP contribution in [0.2, 0.25) is 0 Å². The molecule has 9 aliphatic rings. The molecule has 0 aromatic carbocycles. The van der Waals surface area contributed by atoms with Crippen LogP contribution in [0.3, 0.4) is 0 Å². The zero-order valence-corrected chi connectivity index (χ0v) is 37.2. The molecule has 0 radical (unpaired) electrons. The fraction of sp³-hybridized carbons (Fsp3) is 1.00. The highest BCUT2D eigenvalue weighted by atomic mass is 16.8. The highest BCUT2D eigenvalue weighted by Crippen LogP contribution is 2.71. The molecule has 0 aromatic heterocycles. The molecule has 9 fully saturated rings. The highest BCUT2D eigenvalue weighted by molar-refractivity contribution is 5.16. The van der Waals surface area contributed by atoms with E-state index in [1.807, 2.05) is 0 Å². The number of ether oxygens (including phenoxy) is 8. The molecular formula is C45H74O18. The summed E-state index contributed by atoms with van der Waals surface area (Å²) in [5, 5.41) is 108. The SMILES string of the molecule is C[C@@H]1O[C@@H](O[C@H]2[C@H](O[C@H]3[C@H](O)[C@@H](O)[C@H](O[C@@H]4C[C@@H]5CC[C@@H]6[C@H](CC[C@]7(C)[C@@H]8[C@H](C[C@@H]67)O[C@]6(CC[C@@H](CO)CO6)[C@H]8C)[C@@]5(C)C[C@H]4O)O[C@@H]3CO)O[C@@H](C)[C@H](O)[C@H]2O)[C@H](O)[C@H](O)[C@H]1O. The van der Waals surface area contributed by atoms with Crippen molar-refractivity contribution < 1.29 is 89.0 Å². The average molecular weight is 903 g/mol. The monoisotopic (exact) mass is 902 g/mol. The predicted octanol–water partition coefficient (Wildman–Crippen LogP) is -0.735. The molecule has 4 aliphatic carbocycles. The Bertz CT molecular complexity index is 1580. The van der Waals surface area contributed by atoms with Crippen LogP contribution in [0.4, 0.5) is 0 Å². The summed E-state index contributed by atoms with van der Waals surface area (Å²) in [6.45, 7) is 10.0. The molecule has 0 unspecified atom stereocenters. The minimum absolute atomic E-state index is 0.129. The van der Waals surface area contributed by atoms with Crippen molar-refractivity contribution in [3.05, 3.63) is 0 Å². The minimum Gasteiger partial charge on any atom is -0.396 e. The molecule has 63 heavy (non-hydrogen) atoms. The Morgan fingerprint density at radius 1 is 0.603 bits per heavy atom. The summed E-state index contributed by atoms with van der Waals surface area (Å²) in [5.74, 6) is 1.97. The van der Waals surface area contributed by atoms with Gasteiger partial charge >= 0.3 is 0 Å². The molecule has 5 aliphatic heterocycles. The van der Waals surface area contributed by atoms with Crippen LogP contribution in [0.1, 0.15) is 92.4 Å². The topological polar surface area (TPSA) is 276 Å². The highest BCUT2D eigenvalue weighted by Gasteiger charge is 2.69. The molecular weight excluding hydrogens is 828 g/mol. The van der Waals surface area contributed by atoms with Gasteiger partial charge in [-0.3, -0.25) is 0 Å². The number of hydrogen-bond donors (Lipinski definition) is 10. The van der Waals surface area contributed by atoms with E-state index in [4.69, 9.17) is 37.9 Å². The summed E-state index contributed by atoms with van der Waals surface area (Å²) < 4.78 is 49.1. The normalized spacial score (nSPS) is 59.4. The molecule has 362 valence electrons. The van der Waals surface area contributed by atoms with Crippen molar-refractivity contribution in [2.24, 2.45) is 52.3 Å². The third-order valence-corrected chi connectivity index (χ3v) is 18.4. The zero-order valence-electron chi connectivity index (χ0n) is 37.2. The number of fused-ring (bicyclic) bond motifs is 7. The van der Waals surface area contributed by atoms with Gasteiger partial charge in [0.15, 0.2) is 24.7 Å².